The molecule has 0 atom stereocenters. The Hall–Kier alpha value is -1.62. The zero-order chi connectivity index (χ0) is 9.97. The lowest BCUT2D eigenvalue weighted by molar-refractivity contribution is 0.835. The number of nitrogens with two attached hydrogens (primary N) is 2. The molecule has 14 heavy (non-hydrogen) atoms. The zero-order valence-corrected chi connectivity index (χ0v) is 7.85. The van der Waals surface area contributed by atoms with Gasteiger partial charge in [-0.05, 0) is 19.4 Å². The summed E-state index contributed by atoms with van der Waals surface area (Å²) >= 11 is 0. The summed E-state index contributed by atoms with van der Waals surface area (Å²) < 4.78 is 1.70. The first-order chi connectivity index (χ1) is 6.81. The predicted molar refractivity (Wildman–Crippen MR) is 54.8 cm³/mol. The van der Waals surface area contributed by atoms with E-state index in [0.29, 0.717) is 12.2 Å². The molecule has 0 saturated carbocycles. The Morgan fingerprint density at radius 1 is 1.36 bits per heavy atom. The Labute approximate surface area is 81.7 Å². The average molecular weight is 191 g/mol. The highest BCUT2D eigenvalue weighted by Gasteiger charge is 2.04. The van der Waals surface area contributed by atoms with E-state index in [-0.39, 0.29) is 0 Å². The van der Waals surface area contributed by atoms with E-state index < -0.39 is 0 Å². The number of hydrogen-bond acceptors (Lipinski definition) is 4. The molecule has 0 aliphatic heterocycles. The minimum Gasteiger partial charge on any atom is -0.396 e. The van der Waals surface area contributed by atoms with Crippen LogP contribution in [0, 0.1) is 0 Å². The van der Waals surface area contributed by atoms with Crippen LogP contribution < -0.4 is 11.5 Å². The lowest BCUT2D eigenvalue weighted by Crippen LogP contribution is -2.00. The molecule has 4 N–H and O–H groups in total. The van der Waals surface area contributed by atoms with Crippen LogP contribution in [-0.2, 0) is 6.42 Å². The molecule has 0 aromatic carbocycles. The second-order valence-corrected chi connectivity index (χ2v) is 3.22. The van der Waals surface area contributed by atoms with Crippen molar-refractivity contribution in [3.05, 3.63) is 24.2 Å². The summed E-state index contributed by atoms with van der Waals surface area (Å²) in [5.41, 5.74) is 13.6. The van der Waals surface area contributed by atoms with E-state index in [0.717, 1.165) is 24.1 Å². The predicted octanol–water partition coefficient (Wildman–Crippen LogP) is 0.203. The van der Waals surface area contributed by atoms with Crippen molar-refractivity contribution in [2.45, 2.75) is 12.8 Å². The SMILES string of the molecule is NCCCc1cnn2cc(N)cnc12. The third-order valence-corrected chi connectivity index (χ3v) is 2.10. The van der Waals surface area contributed by atoms with Crippen molar-refractivity contribution in [1.29, 1.82) is 0 Å². The Balaban J connectivity index is 2.37. The fraction of sp³-hybridized carbons (Fsp3) is 0.333. The molecule has 0 radical (unpaired) electrons. The molecular formula is C9H13N5. The number of hydrogen-bond donors (Lipinski definition) is 2. The van der Waals surface area contributed by atoms with Crippen LogP contribution >= 0.6 is 0 Å². The van der Waals surface area contributed by atoms with E-state index in [1.165, 1.54) is 0 Å². The van der Waals surface area contributed by atoms with Gasteiger partial charge < -0.3 is 11.5 Å². The van der Waals surface area contributed by atoms with E-state index in [1.807, 2.05) is 6.20 Å². The monoisotopic (exact) mass is 191 g/mol. The van der Waals surface area contributed by atoms with Crippen molar-refractivity contribution in [2.75, 3.05) is 12.3 Å². The van der Waals surface area contributed by atoms with Gasteiger partial charge in [0.1, 0.15) is 0 Å². The summed E-state index contributed by atoms with van der Waals surface area (Å²) in [5.74, 6) is 0. The van der Waals surface area contributed by atoms with Gasteiger partial charge in [0, 0.05) is 5.56 Å². The highest BCUT2D eigenvalue weighted by Crippen LogP contribution is 2.11. The summed E-state index contributed by atoms with van der Waals surface area (Å²) in [4.78, 5) is 4.23. The summed E-state index contributed by atoms with van der Waals surface area (Å²) in [6.07, 6.45) is 7.08. The number of nitrogens with zero attached hydrogens (tertiary/aromatic N) is 3. The summed E-state index contributed by atoms with van der Waals surface area (Å²) in [6.45, 7) is 0.687. The van der Waals surface area contributed by atoms with Crippen LogP contribution in [0.4, 0.5) is 5.69 Å². The second kappa shape index (κ2) is 3.63. The summed E-state index contributed by atoms with van der Waals surface area (Å²) in [7, 11) is 0. The van der Waals surface area contributed by atoms with E-state index in [9.17, 15) is 0 Å². The first-order valence-electron chi connectivity index (χ1n) is 4.59. The third kappa shape index (κ3) is 1.54. The first-order valence-corrected chi connectivity index (χ1v) is 4.59. The molecule has 5 nitrogen and oxygen atoms in total. The molecule has 0 unspecified atom stereocenters. The number of fused-ring (bicyclic) bond motifs is 1. The van der Waals surface area contributed by atoms with E-state index >= 15 is 0 Å². The molecule has 0 bridgehead atoms. The van der Waals surface area contributed by atoms with Crippen molar-refractivity contribution in [2.24, 2.45) is 5.73 Å². The molecule has 2 heterocycles. The van der Waals surface area contributed by atoms with Gasteiger partial charge in [0.15, 0.2) is 5.65 Å². The Morgan fingerprint density at radius 2 is 2.21 bits per heavy atom. The second-order valence-electron chi connectivity index (χ2n) is 3.22. The molecule has 0 saturated heterocycles. The molecule has 2 aromatic heterocycles. The highest BCUT2D eigenvalue weighted by molar-refractivity contribution is 5.49. The maximum atomic E-state index is 5.59. The number of aryl methyl sites for hydroxylation is 1. The fourth-order valence-corrected chi connectivity index (χ4v) is 1.41. The normalized spacial score (nSPS) is 10.9. The number of anilines is 1. The van der Waals surface area contributed by atoms with Crippen LogP contribution in [-0.4, -0.2) is 21.1 Å². The van der Waals surface area contributed by atoms with Crippen LogP contribution in [0.1, 0.15) is 12.0 Å². The molecule has 2 aromatic rings. The van der Waals surface area contributed by atoms with Crippen LogP contribution in [0.2, 0.25) is 0 Å². The van der Waals surface area contributed by atoms with Crippen molar-refractivity contribution in [3.8, 4) is 0 Å². The Kier molecular flexibility index (Phi) is 2.32. The van der Waals surface area contributed by atoms with Crippen molar-refractivity contribution >= 4 is 11.3 Å². The lowest BCUT2D eigenvalue weighted by Gasteiger charge is -1.97. The van der Waals surface area contributed by atoms with E-state index in [4.69, 9.17) is 11.5 Å². The Morgan fingerprint density at radius 3 is 3.00 bits per heavy atom. The van der Waals surface area contributed by atoms with Crippen LogP contribution in [0.25, 0.3) is 5.65 Å². The van der Waals surface area contributed by atoms with Gasteiger partial charge in [-0.1, -0.05) is 0 Å². The van der Waals surface area contributed by atoms with Gasteiger partial charge in [-0.2, -0.15) is 5.10 Å². The lowest BCUT2D eigenvalue weighted by atomic mass is 10.2. The topological polar surface area (TPSA) is 82.2 Å². The van der Waals surface area contributed by atoms with Crippen LogP contribution in [0.15, 0.2) is 18.6 Å². The van der Waals surface area contributed by atoms with Gasteiger partial charge in [0.25, 0.3) is 0 Å². The summed E-state index contributed by atoms with van der Waals surface area (Å²) in [5, 5.41) is 4.17. The smallest absolute Gasteiger partial charge is 0.158 e. The van der Waals surface area contributed by atoms with Crippen LogP contribution in [0.3, 0.4) is 0 Å². The standard InChI is InChI=1S/C9H13N5/c10-3-1-2-7-4-13-14-6-8(11)5-12-9(7)14/h4-6H,1-3,10-11H2. The molecule has 0 fully saturated rings. The van der Waals surface area contributed by atoms with Crippen LogP contribution in [0.5, 0.6) is 0 Å². The van der Waals surface area contributed by atoms with Crippen molar-refractivity contribution < 1.29 is 0 Å². The maximum Gasteiger partial charge on any atom is 0.158 e. The van der Waals surface area contributed by atoms with Gasteiger partial charge in [-0.25, -0.2) is 9.50 Å². The molecular weight excluding hydrogens is 178 g/mol. The maximum absolute atomic E-state index is 5.59. The molecule has 0 aliphatic rings. The molecule has 5 heteroatoms. The van der Waals surface area contributed by atoms with Gasteiger partial charge in [-0.15, -0.1) is 0 Å². The van der Waals surface area contributed by atoms with Crippen molar-refractivity contribution in [1.82, 2.24) is 14.6 Å². The quantitative estimate of drug-likeness (QED) is 0.726. The minimum atomic E-state index is 0.617. The summed E-state index contributed by atoms with van der Waals surface area (Å²) in [6, 6.07) is 0. The van der Waals surface area contributed by atoms with Gasteiger partial charge in [0.2, 0.25) is 0 Å². The largest absolute Gasteiger partial charge is 0.396 e. The van der Waals surface area contributed by atoms with Gasteiger partial charge in [-0.3, -0.25) is 0 Å². The molecule has 0 amide bonds. The zero-order valence-electron chi connectivity index (χ0n) is 7.85. The number of aromatic nitrogens is 3. The average Bonchev–Trinajstić information content (AvgIpc) is 2.57. The minimum absolute atomic E-state index is 0.617. The fourth-order valence-electron chi connectivity index (χ4n) is 1.41. The highest BCUT2D eigenvalue weighted by atomic mass is 15.2. The molecule has 0 aliphatic carbocycles. The molecule has 2 rings (SSSR count). The molecule has 74 valence electrons. The van der Waals surface area contributed by atoms with Gasteiger partial charge in [0.05, 0.1) is 24.3 Å². The Bertz CT molecular complexity index is 434. The number of rotatable bonds is 3. The molecule has 0 spiro atoms. The van der Waals surface area contributed by atoms with E-state index in [2.05, 4.69) is 10.1 Å². The third-order valence-electron chi connectivity index (χ3n) is 2.10. The number of nitrogen functional groups attached to an aromatic ring is 1. The first kappa shape index (κ1) is 8.96. The van der Waals surface area contributed by atoms with Gasteiger partial charge >= 0.3 is 0 Å². The van der Waals surface area contributed by atoms with E-state index in [1.54, 1.807) is 16.9 Å². The van der Waals surface area contributed by atoms with Crippen molar-refractivity contribution in [3.63, 3.8) is 0 Å².